The smallest absolute Gasteiger partial charge is 0.428 e. The summed E-state index contributed by atoms with van der Waals surface area (Å²) in [7, 11) is 0. The van der Waals surface area contributed by atoms with E-state index in [4.69, 9.17) is 5.11 Å². The number of carbonyl (C=O) groups excluding carboxylic acids is 1. The fraction of sp³-hybridized carbons (Fsp3) is 0.333. The van der Waals surface area contributed by atoms with Gasteiger partial charge < -0.3 is 5.11 Å². The van der Waals surface area contributed by atoms with Crippen LogP contribution in [0.25, 0.3) is 0 Å². The molecule has 0 aliphatic rings. The molecule has 5 heteroatoms. The summed E-state index contributed by atoms with van der Waals surface area (Å²) in [5.74, 6) is 3.95. The van der Waals surface area contributed by atoms with Crippen molar-refractivity contribution in [2.75, 3.05) is 0 Å². The molecule has 0 unspecified atom stereocenters. The van der Waals surface area contributed by atoms with E-state index >= 15 is 0 Å². The zero-order valence-electron chi connectivity index (χ0n) is 4.29. The van der Waals surface area contributed by atoms with E-state index in [-0.39, 0.29) is 5.01 Å². The summed E-state index contributed by atoms with van der Waals surface area (Å²) in [4.78, 5) is 19.7. The van der Waals surface area contributed by atoms with E-state index in [2.05, 4.69) is 5.84 Å². The van der Waals surface area contributed by atoms with Crippen LogP contribution in [0.5, 0.6) is 0 Å². The van der Waals surface area contributed by atoms with Crippen LogP contribution in [0.3, 0.4) is 0 Å². The highest BCUT2D eigenvalue weighted by atomic mass is 16.4. The Kier molecular flexibility index (Phi) is 1.96. The summed E-state index contributed by atoms with van der Waals surface area (Å²) < 4.78 is 0. The molecule has 3 N–H and O–H groups in total. The Morgan fingerprint density at radius 2 is 2.00 bits per heavy atom. The third-order valence-corrected chi connectivity index (χ3v) is 0.545. The van der Waals surface area contributed by atoms with Crippen molar-refractivity contribution in [3.05, 3.63) is 0 Å². The highest BCUT2D eigenvalue weighted by molar-refractivity contribution is 5.88. The van der Waals surface area contributed by atoms with Crippen LogP contribution >= 0.6 is 0 Å². The highest BCUT2D eigenvalue weighted by Gasteiger charge is 2.09. The van der Waals surface area contributed by atoms with Crippen LogP contribution in [0.1, 0.15) is 6.92 Å². The van der Waals surface area contributed by atoms with E-state index < -0.39 is 12.0 Å². The predicted molar refractivity (Wildman–Crippen MR) is 24.7 cm³/mol. The fourth-order valence-corrected chi connectivity index (χ4v) is 0.135. The molecule has 0 saturated carbocycles. The first-order valence-electron chi connectivity index (χ1n) is 1.84. The molecule has 0 aliphatic carbocycles. The zero-order chi connectivity index (χ0) is 6.73. The van der Waals surface area contributed by atoms with Crippen molar-refractivity contribution in [2.24, 2.45) is 5.84 Å². The number of hydrogen-bond acceptors (Lipinski definition) is 3. The van der Waals surface area contributed by atoms with Crippen molar-refractivity contribution >= 4 is 12.0 Å². The van der Waals surface area contributed by atoms with E-state index in [1.165, 1.54) is 0 Å². The van der Waals surface area contributed by atoms with Gasteiger partial charge in [0.05, 0.1) is 0 Å². The van der Waals surface area contributed by atoms with Crippen LogP contribution in [0.4, 0.5) is 4.79 Å². The van der Waals surface area contributed by atoms with Gasteiger partial charge in [-0.2, -0.15) is 5.01 Å². The van der Waals surface area contributed by atoms with Crippen LogP contribution in [0.2, 0.25) is 0 Å². The van der Waals surface area contributed by atoms with Gasteiger partial charge in [0.25, 0.3) is 0 Å². The highest BCUT2D eigenvalue weighted by Crippen LogP contribution is 1.77. The molecule has 0 aliphatic heterocycles. The first kappa shape index (κ1) is 6.90. The molecule has 0 heterocycles. The van der Waals surface area contributed by atoms with Crippen LogP contribution in [0, 0.1) is 0 Å². The molecule has 8 heavy (non-hydrogen) atoms. The molecular weight excluding hydrogens is 112 g/mol. The summed E-state index contributed by atoms with van der Waals surface area (Å²) in [6, 6.07) is 0. The molecule has 46 valence electrons. The van der Waals surface area contributed by atoms with Gasteiger partial charge in [-0.1, -0.05) is 0 Å². The van der Waals surface area contributed by atoms with E-state index in [1.54, 1.807) is 0 Å². The van der Waals surface area contributed by atoms with Gasteiger partial charge in [-0.25, -0.2) is 10.6 Å². The average molecular weight is 118 g/mol. The quantitative estimate of drug-likeness (QED) is 0.252. The number of carboxylic acid groups (broad SMARTS) is 1. The number of rotatable bonds is 0. The number of nitrogens with zero attached hydrogens (tertiary/aromatic N) is 1. The molecule has 0 aromatic carbocycles. The minimum Gasteiger partial charge on any atom is -0.464 e. The maximum atomic E-state index is 10.0. The fourth-order valence-electron chi connectivity index (χ4n) is 0.135. The summed E-state index contributed by atoms with van der Waals surface area (Å²) in [5, 5.41) is 8.04. The number of nitrogens with two attached hydrogens (primary N) is 1. The summed E-state index contributed by atoms with van der Waals surface area (Å²) >= 11 is 0. The lowest BCUT2D eigenvalue weighted by Crippen LogP contribution is -2.39. The van der Waals surface area contributed by atoms with Crippen molar-refractivity contribution in [1.29, 1.82) is 0 Å². The zero-order valence-corrected chi connectivity index (χ0v) is 4.29. The second-order valence-corrected chi connectivity index (χ2v) is 1.17. The summed E-state index contributed by atoms with van der Waals surface area (Å²) in [6.45, 7) is 1.06. The molecule has 5 nitrogen and oxygen atoms in total. The van der Waals surface area contributed by atoms with Gasteiger partial charge in [0, 0.05) is 6.92 Å². The second kappa shape index (κ2) is 2.27. The second-order valence-electron chi connectivity index (χ2n) is 1.17. The van der Waals surface area contributed by atoms with E-state index in [1.807, 2.05) is 0 Å². The van der Waals surface area contributed by atoms with Crippen LogP contribution < -0.4 is 5.84 Å². The van der Waals surface area contributed by atoms with Crippen molar-refractivity contribution in [1.82, 2.24) is 5.01 Å². The van der Waals surface area contributed by atoms with Crippen molar-refractivity contribution in [2.45, 2.75) is 6.92 Å². The Hall–Kier alpha value is -1.10. The number of hydrogen-bond donors (Lipinski definition) is 2. The van der Waals surface area contributed by atoms with Gasteiger partial charge in [0.15, 0.2) is 0 Å². The normalized spacial score (nSPS) is 8.25. The van der Waals surface area contributed by atoms with Gasteiger partial charge in [-0.15, -0.1) is 0 Å². The number of carbonyl (C=O) groups is 2. The van der Waals surface area contributed by atoms with Crippen molar-refractivity contribution in [3.8, 4) is 0 Å². The molecular formula is C3H6N2O3. The molecule has 0 rings (SSSR count). The van der Waals surface area contributed by atoms with Gasteiger partial charge in [0.2, 0.25) is 5.91 Å². The monoisotopic (exact) mass is 118 g/mol. The third-order valence-electron chi connectivity index (χ3n) is 0.545. The Labute approximate surface area is 45.7 Å². The van der Waals surface area contributed by atoms with Crippen molar-refractivity contribution in [3.63, 3.8) is 0 Å². The van der Waals surface area contributed by atoms with Gasteiger partial charge >= 0.3 is 6.09 Å². The summed E-state index contributed by atoms with van der Waals surface area (Å²) in [5.41, 5.74) is 0. The Morgan fingerprint density at radius 1 is 1.62 bits per heavy atom. The molecule has 0 radical (unpaired) electrons. The Morgan fingerprint density at radius 3 is 2.00 bits per heavy atom. The Balaban J connectivity index is 3.83. The van der Waals surface area contributed by atoms with Gasteiger partial charge in [0.1, 0.15) is 0 Å². The number of imide groups is 1. The standard InChI is InChI=1S/C3H6N2O3/c1-2(6)5(4)3(7)8/h4H2,1H3,(H,7,8). The molecule has 0 aromatic rings. The van der Waals surface area contributed by atoms with E-state index in [9.17, 15) is 9.59 Å². The first-order valence-corrected chi connectivity index (χ1v) is 1.84. The van der Waals surface area contributed by atoms with Crippen molar-refractivity contribution < 1.29 is 14.7 Å². The Bertz CT molecular complexity index is 108. The van der Waals surface area contributed by atoms with Crippen LogP contribution in [-0.2, 0) is 4.79 Å². The molecule has 0 atom stereocenters. The maximum absolute atomic E-state index is 10.0. The van der Waals surface area contributed by atoms with Gasteiger partial charge in [-0.3, -0.25) is 4.79 Å². The SMILES string of the molecule is CC(=O)N(N)C(=O)O. The topological polar surface area (TPSA) is 83.6 Å². The maximum Gasteiger partial charge on any atom is 0.428 e. The van der Waals surface area contributed by atoms with Crippen LogP contribution in [0.15, 0.2) is 0 Å². The molecule has 2 amide bonds. The molecule has 0 spiro atoms. The molecule has 0 aromatic heterocycles. The lowest BCUT2D eigenvalue weighted by Gasteiger charge is -2.04. The number of amides is 2. The minimum absolute atomic E-state index is 0.111. The molecule has 0 fully saturated rings. The van der Waals surface area contributed by atoms with E-state index in [0.717, 1.165) is 6.92 Å². The minimum atomic E-state index is -1.45. The van der Waals surface area contributed by atoms with Gasteiger partial charge in [-0.05, 0) is 0 Å². The molecule has 0 bridgehead atoms. The first-order chi connectivity index (χ1) is 3.55. The number of hydrazine groups is 1. The average Bonchev–Trinajstić information content (AvgIpc) is 1.64. The lowest BCUT2D eigenvalue weighted by atomic mass is 10.7. The predicted octanol–water partition coefficient (Wildman–Crippen LogP) is -0.613. The lowest BCUT2D eigenvalue weighted by molar-refractivity contribution is -0.127. The third kappa shape index (κ3) is 1.57. The molecule has 0 saturated heterocycles. The summed E-state index contributed by atoms with van der Waals surface area (Å²) in [6.07, 6.45) is -1.45. The largest absolute Gasteiger partial charge is 0.464 e. The van der Waals surface area contributed by atoms with E-state index in [0.29, 0.717) is 0 Å². The van der Waals surface area contributed by atoms with Crippen LogP contribution in [-0.4, -0.2) is 22.1 Å².